The van der Waals surface area contributed by atoms with Crippen LogP contribution < -0.4 is 14.8 Å². The number of hydrogen-bond acceptors (Lipinski definition) is 4. The largest absolute Gasteiger partial charge is 0.493 e. The van der Waals surface area contributed by atoms with Crippen molar-refractivity contribution in [2.24, 2.45) is 0 Å². The lowest BCUT2D eigenvalue weighted by atomic mass is 10.00. The fourth-order valence-electron chi connectivity index (χ4n) is 3.43. The van der Waals surface area contributed by atoms with Crippen molar-refractivity contribution in [3.63, 3.8) is 0 Å². The van der Waals surface area contributed by atoms with Crippen LogP contribution in [0.2, 0.25) is 0 Å². The van der Waals surface area contributed by atoms with Crippen molar-refractivity contribution in [1.82, 2.24) is 5.32 Å². The molecule has 0 aromatic heterocycles. The van der Waals surface area contributed by atoms with Gasteiger partial charge in [-0.25, -0.2) is 0 Å². The Morgan fingerprint density at radius 2 is 2.04 bits per heavy atom. The van der Waals surface area contributed by atoms with Gasteiger partial charge in [0.1, 0.15) is 18.1 Å². The summed E-state index contributed by atoms with van der Waals surface area (Å²) in [6, 6.07) is 15.1. The third-order valence-corrected chi connectivity index (χ3v) is 4.82. The molecule has 5 nitrogen and oxygen atoms in total. The monoisotopic (exact) mass is 353 g/mol. The van der Waals surface area contributed by atoms with Gasteiger partial charge in [0.25, 0.3) is 5.91 Å². The molecule has 0 radical (unpaired) electrons. The summed E-state index contributed by atoms with van der Waals surface area (Å²) in [5, 5.41) is 3.12. The molecule has 1 amide bonds. The molecule has 0 bridgehead atoms. The first-order valence-corrected chi connectivity index (χ1v) is 9.16. The molecule has 1 saturated heterocycles. The van der Waals surface area contributed by atoms with Crippen molar-refractivity contribution >= 4 is 5.91 Å². The van der Waals surface area contributed by atoms with Gasteiger partial charge in [-0.3, -0.25) is 4.79 Å². The van der Waals surface area contributed by atoms with Crippen molar-refractivity contribution in [2.45, 2.75) is 31.4 Å². The Balaban J connectivity index is 1.41. The highest BCUT2D eigenvalue weighted by Crippen LogP contribution is 2.31. The molecular formula is C21H23NO4. The molecule has 2 heterocycles. The van der Waals surface area contributed by atoms with Crippen LogP contribution in [-0.4, -0.2) is 31.8 Å². The van der Waals surface area contributed by atoms with E-state index in [0.717, 1.165) is 37.2 Å². The minimum Gasteiger partial charge on any atom is -0.493 e. The molecule has 136 valence electrons. The number of carbonyl (C=O) groups excluding carboxylic acids is 1. The quantitative estimate of drug-likeness (QED) is 0.894. The second kappa shape index (κ2) is 7.79. The van der Waals surface area contributed by atoms with Gasteiger partial charge in [0, 0.05) is 24.2 Å². The maximum Gasteiger partial charge on any atom is 0.251 e. The Kier molecular flexibility index (Phi) is 5.07. The van der Waals surface area contributed by atoms with E-state index < -0.39 is 0 Å². The average Bonchev–Trinajstić information content (AvgIpc) is 3.20. The lowest BCUT2D eigenvalue weighted by Gasteiger charge is -2.26. The molecule has 2 aliphatic heterocycles. The molecule has 1 N–H and O–H groups in total. The molecule has 0 aliphatic carbocycles. The van der Waals surface area contributed by atoms with Crippen molar-refractivity contribution in [3.8, 4) is 11.5 Å². The third kappa shape index (κ3) is 3.83. The van der Waals surface area contributed by atoms with Crippen molar-refractivity contribution in [3.05, 3.63) is 59.7 Å². The van der Waals surface area contributed by atoms with Gasteiger partial charge in [0.05, 0.1) is 18.8 Å². The van der Waals surface area contributed by atoms with Crippen molar-refractivity contribution in [1.29, 1.82) is 0 Å². The van der Waals surface area contributed by atoms with Crippen LogP contribution in [0.4, 0.5) is 0 Å². The molecule has 2 atom stereocenters. The fraction of sp³-hybridized carbons (Fsp3) is 0.381. The topological polar surface area (TPSA) is 56.8 Å². The lowest BCUT2D eigenvalue weighted by Crippen LogP contribution is -2.32. The number of ether oxygens (including phenoxy) is 3. The lowest BCUT2D eigenvalue weighted by molar-refractivity contribution is 0.0679. The maximum atomic E-state index is 12.7. The normalized spacial score (nSPS) is 21.5. The second-order valence-electron chi connectivity index (χ2n) is 6.67. The molecular weight excluding hydrogens is 330 g/mol. The van der Waals surface area contributed by atoms with E-state index in [1.165, 1.54) is 0 Å². The number of carbonyl (C=O) groups is 1. The minimum atomic E-state index is -0.103. The summed E-state index contributed by atoms with van der Waals surface area (Å²) in [4.78, 5) is 12.7. The Labute approximate surface area is 153 Å². The molecule has 0 saturated carbocycles. The molecule has 5 heteroatoms. The zero-order valence-corrected chi connectivity index (χ0v) is 14.6. The summed E-state index contributed by atoms with van der Waals surface area (Å²) < 4.78 is 17.0. The molecule has 1 fully saturated rings. The second-order valence-corrected chi connectivity index (χ2v) is 6.67. The van der Waals surface area contributed by atoms with E-state index in [0.29, 0.717) is 24.5 Å². The zero-order chi connectivity index (χ0) is 17.8. The smallest absolute Gasteiger partial charge is 0.251 e. The molecule has 2 aliphatic rings. The average molecular weight is 353 g/mol. The Bertz CT molecular complexity index is 770. The SMILES string of the molecule is O=C(NC1CCOc2ccccc21)c1cccc(OCC2CCCO2)c1. The standard InChI is InChI=1S/C21H23NO4/c23-21(22-19-10-12-25-20-9-2-1-8-18(19)20)15-5-3-6-16(13-15)26-14-17-7-4-11-24-17/h1-3,5-6,8-9,13,17,19H,4,7,10-12,14H2,(H,22,23). The van der Waals surface area contributed by atoms with E-state index in [-0.39, 0.29) is 18.1 Å². The molecule has 2 unspecified atom stereocenters. The number of benzene rings is 2. The van der Waals surface area contributed by atoms with Gasteiger partial charge in [-0.1, -0.05) is 24.3 Å². The van der Waals surface area contributed by atoms with E-state index >= 15 is 0 Å². The van der Waals surface area contributed by atoms with Gasteiger partial charge in [0.15, 0.2) is 0 Å². The number of hydrogen-bond donors (Lipinski definition) is 1. The first-order valence-electron chi connectivity index (χ1n) is 9.16. The molecule has 4 rings (SSSR count). The van der Waals surface area contributed by atoms with E-state index in [4.69, 9.17) is 14.2 Å². The number of nitrogens with one attached hydrogen (secondary N) is 1. The molecule has 2 aromatic carbocycles. The minimum absolute atomic E-state index is 0.0380. The van der Waals surface area contributed by atoms with Gasteiger partial charge in [-0.15, -0.1) is 0 Å². The van der Waals surface area contributed by atoms with E-state index in [9.17, 15) is 4.79 Å². The van der Waals surface area contributed by atoms with Crippen LogP contribution in [0.1, 0.15) is 41.2 Å². The zero-order valence-electron chi connectivity index (χ0n) is 14.6. The summed E-state index contributed by atoms with van der Waals surface area (Å²) in [5.41, 5.74) is 1.62. The maximum absolute atomic E-state index is 12.7. The van der Waals surface area contributed by atoms with Crippen LogP contribution in [0.25, 0.3) is 0 Å². The van der Waals surface area contributed by atoms with E-state index in [2.05, 4.69) is 5.32 Å². The van der Waals surface area contributed by atoms with Crippen LogP contribution >= 0.6 is 0 Å². The van der Waals surface area contributed by atoms with Gasteiger partial charge in [-0.2, -0.15) is 0 Å². The van der Waals surface area contributed by atoms with E-state index in [1.54, 1.807) is 12.1 Å². The summed E-state index contributed by atoms with van der Waals surface area (Å²) in [7, 11) is 0. The highest BCUT2D eigenvalue weighted by Gasteiger charge is 2.23. The highest BCUT2D eigenvalue weighted by atomic mass is 16.5. The number of rotatable bonds is 5. The molecule has 2 aromatic rings. The Morgan fingerprint density at radius 1 is 1.12 bits per heavy atom. The predicted molar refractivity (Wildman–Crippen MR) is 97.7 cm³/mol. The fourth-order valence-corrected chi connectivity index (χ4v) is 3.43. The number of para-hydroxylation sites is 1. The summed E-state index contributed by atoms with van der Waals surface area (Å²) in [6.45, 7) is 1.94. The van der Waals surface area contributed by atoms with Crippen molar-refractivity contribution in [2.75, 3.05) is 19.8 Å². The molecule has 0 spiro atoms. The van der Waals surface area contributed by atoms with Gasteiger partial charge < -0.3 is 19.5 Å². The first kappa shape index (κ1) is 16.9. The predicted octanol–water partition coefficient (Wildman–Crippen LogP) is 3.50. The van der Waals surface area contributed by atoms with Gasteiger partial charge in [0.2, 0.25) is 0 Å². The summed E-state index contributed by atoms with van der Waals surface area (Å²) in [6.07, 6.45) is 3.04. The first-order chi connectivity index (χ1) is 12.8. The van der Waals surface area contributed by atoms with Crippen LogP contribution in [0, 0.1) is 0 Å². The third-order valence-electron chi connectivity index (χ3n) is 4.82. The van der Waals surface area contributed by atoms with Crippen molar-refractivity contribution < 1.29 is 19.0 Å². The summed E-state index contributed by atoms with van der Waals surface area (Å²) >= 11 is 0. The number of amides is 1. The van der Waals surface area contributed by atoms with E-state index in [1.807, 2.05) is 36.4 Å². The van der Waals surface area contributed by atoms with Crippen LogP contribution in [-0.2, 0) is 4.74 Å². The highest BCUT2D eigenvalue weighted by molar-refractivity contribution is 5.94. The summed E-state index contributed by atoms with van der Waals surface area (Å²) in [5.74, 6) is 1.44. The Morgan fingerprint density at radius 3 is 2.92 bits per heavy atom. The Hall–Kier alpha value is -2.53. The number of fused-ring (bicyclic) bond motifs is 1. The molecule has 26 heavy (non-hydrogen) atoms. The van der Waals surface area contributed by atoms with Gasteiger partial charge in [-0.05, 0) is 37.1 Å². The van der Waals surface area contributed by atoms with Gasteiger partial charge >= 0.3 is 0 Å². The van der Waals surface area contributed by atoms with Crippen LogP contribution in [0.15, 0.2) is 48.5 Å². The van der Waals surface area contributed by atoms with Crippen LogP contribution in [0.5, 0.6) is 11.5 Å². The van der Waals surface area contributed by atoms with Crippen LogP contribution in [0.3, 0.4) is 0 Å².